The van der Waals surface area contributed by atoms with Crippen LogP contribution in [0.4, 0.5) is 0 Å². The highest BCUT2D eigenvalue weighted by molar-refractivity contribution is 8.14. The van der Waals surface area contributed by atoms with Gasteiger partial charge in [-0.2, -0.15) is 10.5 Å². The van der Waals surface area contributed by atoms with Crippen molar-refractivity contribution in [1.82, 2.24) is 14.7 Å². The van der Waals surface area contributed by atoms with Crippen molar-refractivity contribution < 1.29 is 4.21 Å². The third-order valence-electron chi connectivity index (χ3n) is 5.22. The van der Waals surface area contributed by atoms with Gasteiger partial charge in [0.05, 0.1) is 0 Å². The van der Waals surface area contributed by atoms with E-state index < -0.39 is 9.52 Å². The summed E-state index contributed by atoms with van der Waals surface area (Å²) in [6.45, 7) is 9.36. The van der Waals surface area contributed by atoms with E-state index in [9.17, 15) is 4.21 Å². The van der Waals surface area contributed by atoms with Crippen LogP contribution in [0.25, 0.3) is 0 Å². The van der Waals surface area contributed by atoms with Crippen molar-refractivity contribution in [2.75, 3.05) is 83.4 Å². The van der Waals surface area contributed by atoms with Gasteiger partial charge in [0.2, 0.25) is 0 Å². The Morgan fingerprint density at radius 1 is 0.846 bits per heavy atom. The molecule has 0 unspecified atom stereocenters. The number of piperidine rings is 1. The Labute approximate surface area is 167 Å². The maximum absolute atomic E-state index is 11.2. The molecule has 0 N–H and O–H groups in total. The largest absolute Gasteiger partial charge is 0.306 e. The summed E-state index contributed by atoms with van der Waals surface area (Å²) < 4.78 is 11.2. The molecule has 0 radical (unpaired) electrons. The third-order valence-corrected chi connectivity index (χ3v) is 8.59. The van der Waals surface area contributed by atoms with E-state index >= 15 is 0 Å². The predicted molar refractivity (Wildman–Crippen MR) is 127 cm³/mol. The molecule has 6 heteroatoms. The minimum atomic E-state index is -1.66. The van der Waals surface area contributed by atoms with Gasteiger partial charge in [-0.05, 0) is 68.4 Å². The van der Waals surface area contributed by atoms with Crippen molar-refractivity contribution in [3.8, 4) is 0 Å². The van der Waals surface area contributed by atoms with Gasteiger partial charge in [-0.25, -0.2) is 0 Å². The van der Waals surface area contributed by atoms with E-state index in [-0.39, 0.29) is 7.43 Å². The van der Waals surface area contributed by atoms with Gasteiger partial charge in [-0.3, -0.25) is 4.21 Å². The van der Waals surface area contributed by atoms with Gasteiger partial charge in [0.25, 0.3) is 0 Å². The van der Waals surface area contributed by atoms with E-state index in [0.29, 0.717) is 10.5 Å². The van der Waals surface area contributed by atoms with Gasteiger partial charge in [-0.1, -0.05) is 20.2 Å². The normalized spacial score (nSPS) is 25.8. The van der Waals surface area contributed by atoms with Crippen molar-refractivity contribution in [2.24, 2.45) is 5.92 Å². The molecule has 3 heterocycles. The summed E-state index contributed by atoms with van der Waals surface area (Å²) in [6, 6.07) is 0. The molecule has 0 aromatic carbocycles. The molecule has 0 aliphatic carbocycles. The fraction of sp³-hybridized carbons (Fsp3) is 0.900. The summed E-state index contributed by atoms with van der Waals surface area (Å²) in [6.07, 6.45) is 2.80. The first-order valence-corrected chi connectivity index (χ1v) is 13.3. The van der Waals surface area contributed by atoms with Crippen LogP contribution in [0.15, 0.2) is 0 Å². The van der Waals surface area contributed by atoms with Crippen LogP contribution >= 0.6 is 10.5 Å². The third kappa shape index (κ3) is 12.5. The van der Waals surface area contributed by atoms with Crippen molar-refractivity contribution in [2.45, 2.75) is 27.2 Å². The second-order valence-corrected chi connectivity index (χ2v) is 12.8. The van der Waals surface area contributed by atoms with Crippen molar-refractivity contribution in [3.05, 3.63) is 0 Å². The molecule has 0 atom stereocenters. The lowest BCUT2D eigenvalue weighted by Crippen LogP contribution is -2.37. The second kappa shape index (κ2) is 13.3. The van der Waals surface area contributed by atoms with Crippen LogP contribution in [0, 0.1) is 5.92 Å². The lowest BCUT2D eigenvalue weighted by molar-refractivity contribution is 0.230. The molecule has 0 bridgehead atoms. The highest BCUT2D eigenvalue weighted by Crippen LogP contribution is 2.14. The molecule has 3 aliphatic rings. The first-order valence-electron chi connectivity index (χ1n) is 9.53. The molecular weight excluding hydrogens is 362 g/mol. The molecule has 3 saturated heterocycles. The van der Waals surface area contributed by atoms with Crippen LogP contribution in [0.5, 0.6) is 0 Å². The number of hydrogen-bond donors (Lipinski definition) is 0. The van der Waals surface area contributed by atoms with Crippen LogP contribution in [0.2, 0.25) is 0 Å². The van der Waals surface area contributed by atoms with E-state index in [2.05, 4.69) is 54.5 Å². The zero-order valence-electron chi connectivity index (χ0n) is 17.0. The van der Waals surface area contributed by atoms with Gasteiger partial charge in [-0.15, -0.1) is 0 Å². The molecule has 0 spiro atoms. The first-order chi connectivity index (χ1) is 11.7. The molecule has 158 valence electrons. The van der Waals surface area contributed by atoms with Crippen molar-refractivity contribution >= 4 is 31.7 Å². The Morgan fingerprint density at radius 2 is 1.23 bits per heavy atom. The molecule has 0 amide bonds. The number of hydrogen-bond acceptors (Lipinski definition) is 4. The van der Waals surface area contributed by atoms with E-state index in [1.165, 1.54) is 50.5 Å². The lowest BCUT2D eigenvalue weighted by Gasteiger charge is -2.26. The van der Waals surface area contributed by atoms with E-state index in [0.717, 1.165) is 30.5 Å². The summed E-state index contributed by atoms with van der Waals surface area (Å²) in [5.41, 5.74) is 0. The summed E-state index contributed by atoms with van der Waals surface area (Å²) >= 11 is 0. The first kappa shape index (κ1) is 26.1. The van der Waals surface area contributed by atoms with Crippen molar-refractivity contribution in [1.29, 1.82) is 0 Å². The Bertz CT molecular complexity index is 451. The fourth-order valence-corrected chi connectivity index (χ4v) is 5.62. The smallest absolute Gasteiger partial charge is 0.0287 e. The quantitative estimate of drug-likeness (QED) is 0.576. The predicted octanol–water partition coefficient (Wildman–Crippen LogP) is 2.27. The molecule has 3 fully saturated rings. The summed E-state index contributed by atoms with van der Waals surface area (Å²) in [4.78, 5) is 6.96. The van der Waals surface area contributed by atoms with Crippen LogP contribution < -0.4 is 0 Å². The molecule has 4 nitrogen and oxygen atoms in total. The van der Waals surface area contributed by atoms with Gasteiger partial charge < -0.3 is 14.7 Å². The molecular formula is C20H45N3OS2. The van der Waals surface area contributed by atoms with Gasteiger partial charge in [0.1, 0.15) is 0 Å². The molecule has 0 aromatic rings. The molecule has 0 saturated carbocycles. The van der Waals surface area contributed by atoms with Gasteiger partial charge in [0, 0.05) is 49.2 Å². The minimum Gasteiger partial charge on any atom is -0.306 e. The van der Waals surface area contributed by atoms with Crippen LogP contribution in [0.3, 0.4) is 0 Å². The Hall–Kier alpha value is 0.120. The van der Waals surface area contributed by atoms with Crippen LogP contribution in [-0.4, -0.2) is 114 Å². The summed E-state index contributed by atoms with van der Waals surface area (Å²) in [7, 11) is 5.27. The number of nitrogens with zero attached hydrogens (tertiary/aromatic N) is 3. The van der Waals surface area contributed by atoms with E-state index in [1.807, 2.05) is 0 Å². The highest BCUT2D eigenvalue weighted by Gasteiger charge is 2.13. The fourth-order valence-electron chi connectivity index (χ4n) is 2.78. The van der Waals surface area contributed by atoms with Crippen LogP contribution in [0.1, 0.15) is 27.2 Å². The zero-order valence-corrected chi connectivity index (χ0v) is 18.7. The standard InChI is InChI=1S/C7H15N.C6H13NOS.C6H13NS.CH4/c1-7-3-5-8(2)6-4-7;1-7-3-5-9(2,8)6-4-7;1-7-3-5-8(2)6-4-7;/h7H,3-6H2,1-2H3;2-6H2,1H3;2-6H2,1H3;1H4. The topological polar surface area (TPSA) is 26.8 Å². The summed E-state index contributed by atoms with van der Waals surface area (Å²) in [5.74, 6) is 12.9. The van der Waals surface area contributed by atoms with E-state index in [1.54, 1.807) is 0 Å². The minimum absolute atomic E-state index is 0. The molecule has 26 heavy (non-hydrogen) atoms. The highest BCUT2D eigenvalue weighted by atomic mass is 32.2. The average Bonchev–Trinajstić information content (AvgIpc) is 2.57. The monoisotopic (exact) mass is 407 g/mol. The maximum Gasteiger partial charge on any atom is 0.0287 e. The Morgan fingerprint density at radius 3 is 1.58 bits per heavy atom. The maximum atomic E-state index is 11.2. The SMILES string of the molecule is C.C=S1(=O)CCN(C)CC1.C=S1CCN(C)CC1.CC1CCN(C)CC1. The van der Waals surface area contributed by atoms with Gasteiger partial charge >= 0.3 is 0 Å². The second-order valence-electron chi connectivity index (χ2n) is 7.99. The van der Waals surface area contributed by atoms with Crippen molar-refractivity contribution in [3.63, 3.8) is 0 Å². The number of rotatable bonds is 0. The molecule has 0 aromatic heterocycles. The number of likely N-dealkylation sites (tertiary alicyclic amines) is 1. The molecule has 3 rings (SSSR count). The zero-order chi connectivity index (χ0) is 18.9. The lowest BCUT2D eigenvalue weighted by atomic mass is 10.00. The average molecular weight is 408 g/mol. The van der Waals surface area contributed by atoms with Gasteiger partial charge in [0.15, 0.2) is 0 Å². The summed E-state index contributed by atoms with van der Waals surface area (Å²) in [5, 5.41) is 0. The van der Waals surface area contributed by atoms with E-state index in [4.69, 9.17) is 0 Å². The Balaban J connectivity index is 0.000000355. The van der Waals surface area contributed by atoms with Crippen LogP contribution in [-0.2, 0) is 9.52 Å². The Kier molecular flexibility index (Phi) is 13.4. The molecule has 3 aliphatic heterocycles.